The molecule has 0 atom stereocenters. The van der Waals surface area contributed by atoms with E-state index in [4.69, 9.17) is 0 Å². The van der Waals surface area contributed by atoms with Crippen molar-refractivity contribution in [1.29, 1.82) is 0 Å². The number of amides is 1. The second kappa shape index (κ2) is 5.93. The third-order valence-corrected chi connectivity index (χ3v) is 3.44. The van der Waals surface area contributed by atoms with E-state index in [1.54, 1.807) is 12.1 Å². The number of carbonyl (C=O) groups excluding carboxylic acids is 1. The molecule has 3 rings (SSSR count). The molecule has 0 fully saturated rings. The summed E-state index contributed by atoms with van der Waals surface area (Å²) < 4.78 is 13.5. The summed E-state index contributed by atoms with van der Waals surface area (Å²) in [6, 6.07) is 15.6. The van der Waals surface area contributed by atoms with Gasteiger partial charge in [-0.05, 0) is 36.8 Å². The molecule has 1 heterocycles. The summed E-state index contributed by atoms with van der Waals surface area (Å²) in [7, 11) is 0. The number of halogens is 1. The van der Waals surface area contributed by atoms with E-state index in [1.807, 2.05) is 37.3 Å². The minimum atomic E-state index is -0.379. The zero-order chi connectivity index (χ0) is 15.5. The molecule has 3 aromatic rings. The van der Waals surface area contributed by atoms with Crippen LogP contribution < -0.4 is 5.32 Å². The van der Waals surface area contributed by atoms with Gasteiger partial charge in [0.25, 0.3) is 5.91 Å². The number of pyridine rings is 1. The Morgan fingerprint density at radius 3 is 2.68 bits per heavy atom. The lowest BCUT2D eigenvalue weighted by Crippen LogP contribution is -2.23. The number of benzene rings is 2. The molecule has 110 valence electrons. The van der Waals surface area contributed by atoms with Crippen molar-refractivity contribution in [3.63, 3.8) is 0 Å². The lowest BCUT2D eigenvalue weighted by molar-refractivity contribution is 0.0952. The van der Waals surface area contributed by atoms with Crippen molar-refractivity contribution >= 4 is 16.8 Å². The Morgan fingerprint density at radius 1 is 1.14 bits per heavy atom. The van der Waals surface area contributed by atoms with Gasteiger partial charge in [-0.1, -0.05) is 30.3 Å². The van der Waals surface area contributed by atoms with Gasteiger partial charge in [-0.15, -0.1) is 0 Å². The molecule has 0 aliphatic rings. The van der Waals surface area contributed by atoms with Gasteiger partial charge in [0.1, 0.15) is 5.82 Å². The Kier molecular flexibility index (Phi) is 3.83. The third kappa shape index (κ3) is 2.96. The van der Waals surface area contributed by atoms with E-state index in [0.29, 0.717) is 23.0 Å². The number of nitrogens with zero attached hydrogens (tertiary/aromatic N) is 1. The fraction of sp³-hybridized carbons (Fsp3) is 0.111. The predicted molar refractivity (Wildman–Crippen MR) is 84.1 cm³/mol. The molecule has 22 heavy (non-hydrogen) atoms. The minimum absolute atomic E-state index is 0.232. The summed E-state index contributed by atoms with van der Waals surface area (Å²) in [5.74, 6) is -0.611. The average molecular weight is 294 g/mol. The first-order chi connectivity index (χ1) is 10.6. The first-order valence-electron chi connectivity index (χ1n) is 7.02. The van der Waals surface area contributed by atoms with Gasteiger partial charge in [-0.25, -0.2) is 4.39 Å². The summed E-state index contributed by atoms with van der Waals surface area (Å²) in [5.41, 5.74) is 2.80. The number of hydrogen-bond acceptors (Lipinski definition) is 2. The molecule has 0 saturated carbocycles. The van der Waals surface area contributed by atoms with Crippen LogP contribution in [0.4, 0.5) is 4.39 Å². The fourth-order valence-corrected chi connectivity index (χ4v) is 2.39. The van der Waals surface area contributed by atoms with Crippen LogP contribution in [-0.4, -0.2) is 10.9 Å². The van der Waals surface area contributed by atoms with E-state index in [-0.39, 0.29) is 11.7 Å². The van der Waals surface area contributed by atoms with Crippen LogP contribution in [0.15, 0.2) is 54.6 Å². The minimum Gasteiger partial charge on any atom is -0.348 e. The molecule has 1 aromatic heterocycles. The molecule has 0 aliphatic carbocycles. The normalized spacial score (nSPS) is 10.6. The Hall–Kier alpha value is -2.75. The number of nitrogens with one attached hydrogen (secondary N) is 1. The molecule has 4 heteroatoms. The number of aromatic nitrogens is 1. The Morgan fingerprint density at radius 2 is 1.91 bits per heavy atom. The summed E-state index contributed by atoms with van der Waals surface area (Å²) in [5, 5.41) is 3.39. The van der Waals surface area contributed by atoms with Crippen molar-refractivity contribution < 1.29 is 9.18 Å². The van der Waals surface area contributed by atoms with Crippen molar-refractivity contribution in [3.8, 4) is 0 Å². The monoisotopic (exact) mass is 294 g/mol. The topological polar surface area (TPSA) is 42.0 Å². The van der Waals surface area contributed by atoms with Crippen LogP contribution in [0.2, 0.25) is 0 Å². The van der Waals surface area contributed by atoms with Crippen LogP contribution in [0.5, 0.6) is 0 Å². The van der Waals surface area contributed by atoms with Crippen LogP contribution in [0.25, 0.3) is 10.9 Å². The van der Waals surface area contributed by atoms with Gasteiger partial charge in [0.15, 0.2) is 0 Å². The highest BCUT2D eigenvalue weighted by Gasteiger charge is 2.12. The van der Waals surface area contributed by atoms with Crippen LogP contribution in [0.3, 0.4) is 0 Å². The van der Waals surface area contributed by atoms with E-state index >= 15 is 0 Å². The Labute approximate surface area is 127 Å². The first kappa shape index (κ1) is 14.2. The SMILES string of the molecule is Cc1cc(C(=O)NCc2ccccc2)c2cc(F)ccc2n1. The highest BCUT2D eigenvalue weighted by atomic mass is 19.1. The highest BCUT2D eigenvalue weighted by molar-refractivity contribution is 6.06. The maximum Gasteiger partial charge on any atom is 0.252 e. The number of fused-ring (bicyclic) bond motifs is 1. The van der Waals surface area contributed by atoms with Gasteiger partial charge in [0.05, 0.1) is 11.1 Å². The Bertz CT molecular complexity index is 831. The summed E-state index contributed by atoms with van der Waals surface area (Å²) in [6.45, 7) is 2.24. The quantitative estimate of drug-likeness (QED) is 0.801. The van der Waals surface area contributed by atoms with Gasteiger partial charge < -0.3 is 5.32 Å². The van der Waals surface area contributed by atoms with E-state index in [9.17, 15) is 9.18 Å². The molecule has 0 bridgehead atoms. The van der Waals surface area contributed by atoms with Crippen LogP contribution >= 0.6 is 0 Å². The van der Waals surface area contributed by atoms with Gasteiger partial charge in [-0.2, -0.15) is 0 Å². The van der Waals surface area contributed by atoms with Crippen molar-refractivity contribution in [3.05, 3.63) is 77.2 Å². The van der Waals surface area contributed by atoms with E-state index < -0.39 is 0 Å². The molecule has 1 amide bonds. The number of carbonyl (C=O) groups is 1. The molecule has 2 aromatic carbocycles. The summed E-state index contributed by atoms with van der Waals surface area (Å²) in [4.78, 5) is 16.8. The summed E-state index contributed by atoms with van der Waals surface area (Å²) in [6.07, 6.45) is 0. The number of aryl methyl sites for hydroxylation is 1. The van der Waals surface area contributed by atoms with Crippen molar-refractivity contribution in [1.82, 2.24) is 10.3 Å². The zero-order valence-electron chi connectivity index (χ0n) is 12.1. The standard InChI is InChI=1S/C18H15FN2O/c1-12-9-16(15-10-14(19)7-8-17(15)21-12)18(22)20-11-13-5-3-2-4-6-13/h2-10H,11H2,1H3,(H,20,22). The van der Waals surface area contributed by atoms with E-state index in [1.165, 1.54) is 12.1 Å². The molecule has 3 nitrogen and oxygen atoms in total. The molecule has 0 radical (unpaired) electrons. The van der Waals surface area contributed by atoms with Crippen LogP contribution in [0.1, 0.15) is 21.6 Å². The highest BCUT2D eigenvalue weighted by Crippen LogP contribution is 2.19. The van der Waals surface area contributed by atoms with Crippen molar-refractivity contribution in [2.24, 2.45) is 0 Å². The second-order valence-corrected chi connectivity index (χ2v) is 5.14. The number of rotatable bonds is 3. The maximum atomic E-state index is 13.5. The number of hydrogen-bond donors (Lipinski definition) is 1. The van der Waals surface area contributed by atoms with Gasteiger partial charge in [0, 0.05) is 17.6 Å². The van der Waals surface area contributed by atoms with Crippen molar-refractivity contribution in [2.75, 3.05) is 0 Å². The predicted octanol–water partition coefficient (Wildman–Crippen LogP) is 3.61. The summed E-state index contributed by atoms with van der Waals surface area (Å²) >= 11 is 0. The zero-order valence-corrected chi connectivity index (χ0v) is 12.1. The third-order valence-electron chi connectivity index (χ3n) is 3.44. The maximum absolute atomic E-state index is 13.5. The second-order valence-electron chi connectivity index (χ2n) is 5.14. The van der Waals surface area contributed by atoms with Crippen LogP contribution in [0, 0.1) is 12.7 Å². The Balaban J connectivity index is 1.91. The smallest absolute Gasteiger partial charge is 0.252 e. The molecule has 0 aliphatic heterocycles. The fourth-order valence-electron chi connectivity index (χ4n) is 2.39. The van der Waals surface area contributed by atoms with E-state index in [2.05, 4.69) is 10.3 Å². The average Bonchev–Trinajstić information content (AvgIpc) is 2.53. The molecule has 0 spiro atoms. The molecular formula is C18H15FN2O. The van der Waals surface area contributed by atoms with E-state index in [0.717, 1.165) is 11.3 Å². The molecule has 0 unspecified atom stereocenters. The molecule has 0 saturated heterocycles. The lowest BCUT2D eigenvalue weighted by Gasteiger charge is -2.09. The molecule has 1 N–H and O–H groups in total. The molecular weight excluding hydrogens is 279 g/mol. The van der Waals surface area contributed by atoms with Crippen molar-refractivity contribution in [2.45, 2.75) is 13.5 Å². The lowest BCUT2D eigenvalue weighted by atomic mass is 10.1. The van der Waals surface area contributed by atoms with Gasteiger partial charge in [0.2, 0.25) is 0 Å². The van der Waals surface area contributed by atoms with Gasteiger partial charge in [-0.3, -0.25) is 9.78 Å². The van der Waals surface area contributed by atoms with Crippen LogP contribution in [-0.2, 0) is 6.54 Å². The van der Waals surface area contributed by atoms with Gasteiger partial charge >= 0.3 is 0 Å². The largest absolute Gasteiger partial charge is 0.348 e. The first-order valence-corrected chi connectivity index (χ1v) is 7.02.